The van der Waals surface area contributed by atoms with Gasteiger partial charge in [-0.2, -0.15) is 0 Å². The minimum absolute atomic E-state index is 0.0958. The summed E-state index contributed by atoms with van der Waals surface area (Å²) in [7, 11) is 0. The first-order valence-electron chi connectivity index (χ1n) is 6.30. The van der Waals surface area contributed by atoms with Crippen molar-refractivity contribution in [2.45, 2.75) is 39.0 Å². The van der Waals surface area contributed by atoms with Gasteiger partial charge < -0.3 is 10.2 Å². The highest BCUT2D eigenvalue weighted by molar-refractivity contribution is 5.41. The number of aromatic nitrogens is 1. The van der Waals surface area contributed by atoms with E-state index in [0.29, 0.717) is 0 Å². The second-order valence-corrected chi connectivity index (χ2v) is 5.54. The summed E-state index contributed by atoms with van der Waals surface area (Å²) in [5.74, 6) is 5.41. The smallest absolute Gasteiger partial charge is 0.0757 e. The van der Waals surface area contributed by atoms with E-state index < -0.39 is 0 Å². The van der Waals surface area contributed by atoms with E-state index in [1.165, 1.54) is 0 Å². The molecule has 1 aliphatic heterocycles. The first-order chi connectivity index (χ1) is 8.48. The molecule has 100 valence electrons. The number of nitrogens with zero attached hydrogens (tertiary/aromatic N) is 2. The number of pyridine rings is 1. The second-order valence-electron chi connectivity index (χ2n) is 5.54. The summed E-state index contributed by atoms with van der Waals surface area (Å²) in [6.07, 6.45) is 2.03. The molecule has 1 aliphatic rings. The van der Waals surface area contributed by atoms with Crippen molar-refractivity contribution in [1.29, 1.82) is 0 Å². The van der Waals surface area contributed by atoms with Crippen LogP contribution in [-0.4, -0.2) is 34.7 Å². The molecule has 0 saturated carbocycles. The lowest BCUT2D eigenvalue weighted by atomic mass is 10.1. The Morgan fingerprint density at radius 1 is 1.61 bits per heavy atom. The summed E-state index contributed by atoms with van der Waals surface area (Å²) in [4.78, 5) is 6.75. The summed E-state index contributed by atoms with van der Waals surface area (Å²) in [6, 6.07) is 3.84. The molecule has 1 unspecified atom stereocenters. The molecule has 1 saturated heterocycles. The van der Waals surface area contributed by atoms with E-state index in [1.54, 1.807) is 6.20 Å². The van der Waals surface area contributed by atoms with Crippen LogP contribution in [0.4, 0.5) is 5.69 Å². The van der Waals surface area contributed by atoms with E-state index in [4.69, 9.17) is 10.6 Å². The molecular formula is C13H22N4O. The summed E-state index contributed by atoms with van der Waals surface area (Å²) >= 11 is 0. The Labute approximate surface area is 108 Å². The maximum absolute atomic E-state index is 5.89. The van der Waals surface area contributed by atoms with Crippen molar-refractivity contribution < 1.29 is 4.74 Å². The lowest BCUT2D eigenvalue weighted by molar-refractivity contribution is -0.130. The highest BCUT2D eigenvalue weighted by atomic mass is 16.5. The molecule has 0 aromatic carbocycles. The number of rotatable bonds is 3. The van der Waals surface area contributed by atoms with E-state index in [1.807, 2.05) is 12.1 Å². The molecule has 2 heterocycles. The lowest BCUT2D eigenvalue weighted by Crippen LogP contribution is -2.51. The fraction of sp³-hybridized carbons (Fsp3) is 0.615. The first kappa shape index (κ1) is 13.3. The summed E-state index contributed by atoms with van der Waals surface area (Å²) in [6.45, 7) is 9.04. The van der Waals surface area contributed by atoms with Gasteiger partial charge in [-0.15, -0.1) is 0 Å². The van der Waals surface area contributed by atoms with Crippen molar-refractivity contribution in [3.05, 3.63) is 24.0 Å². The van der Waals surface area contributed by atoms with E-state index in [0.717, 1.165) is 31.0 Å². The van der Waals surface area contributed by atoms with Crippen LogP contribution in [0.2, 0.25) is 0 Å². The lowest BCUT2D eigenvalue weighted by Gasteiger charge is -2.41. The normalized spacial score (nSPS) is 23.9. The first-order valence-corrected chi connectivity index (χ1v) is 6.30. The number of hydrogen-bond acceptors (Lipinski definition) is 5. The zero-order valence-corrected chi connectivity index (χ0v) is 11.3. The van der Waals surface area contributed by atoms with E-state index >= 15 is 0 Å². The number of nitrogens with two attached hydrogens (primary N) is 1. The number of morpholine rings is 1. The van der Waals surface area contributed by atoms with Crippen LogP contribution in [0.3, 0.4) is 0 Å². The van der Waals surface area contributed by atoms with Crippen LogP contribution in [0.25, 0.3) is 0 Å². The summed E-state index contributed by atoms with van der Waals surface area (Å²) in [5.41, 5.74) is 4.46. The largest absolute Gasteiger partial charge is 0.370 e. The maximum atomic E-state index is 5.89. The molecule has 5 heteroatoms. The van der Waals surface area contributed by atoms with Crippen LogP contribution in [0.1, 0.15) is 26.5 Å². The minimum atomic E-state index is -0.0958. The van der Waals surface area contributed by atoms with Crippen LogP contribution in [-0.2, 0) is 11.3 Å². The monoisotopic (exact) mass is 250 g/mol. The zero-order valence-electron chi connectivity index (χ0n) is 11.3. The number of nitrogen functional groups attached to an aromatic ring is 1. The van der Waals surface area contributed by atoms with Crippen LogP contribution in [0.5, 0.6) is 0 Å². The zero-order chi connectivity index (χ0) is 13.2. The van der Waals surface area contributed by atoms with Crippen molar-refractivity contribution in [1.82, 2.24) is 9.88 Å². The number of nitrogens with one attached hydrogen (secondary N) is 1. The number of anilines is 1. The second kappa shape index (κ2) is 5.22. The molecule has 0 radical (unpaired) electrons. The fourth-order valence-electron chi connectivity index (χ4n) is 2.59. The third-order valence-corrected chi connectivity index (χ3v) is 3.01. The Kier molecular flexibility index (Phi) is 3.85. The Hall–Kier alpha value is -1.17. The summed E-state index contributed by atoms with van der Waals surface area (Å²) in [5, 5.41) is 0. The van der Waals surface area contributed by atoms with E-state index in [2.05, 4.69) is 36.1 Å². The third-order valence-electron chi connectivity index (χ3n) is 3.01. The molecule has 0 amide bonds. The predicted molar refractivity (Wildman–Crippen MR) is 72.0 cm³/mol. The van der Waals surface area contributed by atoms with Gasteiger partial charge in [0.25, 0.3) is 0 Å². The van der Waals surface area contributed by atoms with Gasteiger partial charge in [0.05, 0.1) is 23.1 Å². The molecule has 3 N–H and O–H groups in total. The van der Waals surface area contributed by atoms with Gasteiger partial charge in [-0.1, -0.05) is 0 Å². The molecule has 18 heavy (non-hydrogen) atoms. The van der Waals surface area contributed by atoms with Crippen LogP contribution >= 0.6 is 0 Å². The molecule has 1 aromatic rings. The van der Waals surface area contributed by atoms with Gasteiger partial charge in [-0.05, 0) is 32.9 Å². The molecule has 0 aliphatic carbocycles. The van der Waals surface area contributed by atoms with Crippen molar-refractivity contribution in [2.75, 3.05) is 18.5 Å². The highest BCUT2D eigenvalue weighted by Crippen LogP contribution is 2.22. The summed E-state index contributed by atoms with van der Waals surface area (Å²) < 4.78 is 5.89. The molecule has 2 rings (SSSR count). The maximum Gasteiger partial charge on any atom is 0.0757 e. The molecule has 0 spiro atoms. The average molecular weight is 250 g/mol. The Bertz CT molecular complexity index is 408. The topological polar surface area (TPSA) is 63.4 Å². The van der Waals surface area contributed by atoms with Gasteiger partial charge in [-0.25, -0.2) is 0 Å². The fourth-order valence-corrected chi connectivity index (χ4v) is 2.59. The Morgan fingerprint density at radius 3 is 3.06 bits per heavy atom. The van der Waals surface area contributed by atoms with Gasteiger partial charge in [0, 0.05) is 25.8 Å². The van der Waals surface area contributed by atoms with Crippen molar-refractivity contribution in [3.63, 3.8) is 0 Å². The Balaban J connectivity index is 2.04. The quantitative estimate of drug-likeness (QED) is 0.626. The van der Waals surface area contributed by atoms with Gasteiger partial charge in [-0.3, -0.25) is 15.7 Å². The molecule has 0 bridgehead atoms. The van der Waals surface area contributed by atoms with E-state index in [9.17, 15) is 0 Å². The molecule has 1 atom stereocenters. The average Bonchev–Trinajstić information content (AvgIpc) is 2.26. The molecular weight excluding hydrogens is 228 g/mol. The third kappa shape index (κ3) is 3.41. The van der Waals surface area contributed by atoms with Crippen LogP contribution in [0, 0.1) is 0 Å². The van der Waals surface area contributed by atoms with Crippen LogP contribution < -0.4 is 11.3 Å². The Morgan fingerprint density at radius 2 is 2.39 bits per heavy atom. The SMILES string of the molecule is CC1CN(Cc2cc(NN)ccn2)CC(C)(C)O1. The highest BCUT2D eigenvalue weighted by Gasteiger charge is 2.31. The molecule has 5 nitrogen and oxygen atoms in total. The van der Waals surface area contributed by atoms with Crippen molar-refractivity contribution in [3.8, 4) is 0 Å². The van der Waals surface area contributed by atoms with Gasteiger partial charge >= 0.3 is 0 Å². The number of hydrogen-bond donors (Lipinski definition) is 2. The molecule has 1 aromatic heterocycles. The van der Waals surface area contributed by atoms with Crippen molar-refractivity contribution in [2.24, 2.45) is 5.84 Å². The number of ether oxygens (including phenoxy) is 1. The number of hydrazine groups is 1. The van der Waals surface area contributed by atoms with Gasteiger partial charge in [0.15, 0.2) is 0 Å². The minimum Gasteiger partial charge on any atom is -0.370 e. The molecule has 1 fully saturated rings. The standard InChI is InChI=1S/C13H22N4O/c1-10-7-17(9-13(2,3)18-10)8-12-6-11(16-14)4-5-15-12/h4-6,10H,7-9,14H2,1-3H3,(H,15,16). The van der Waals surface area contributed by atoms with E-state index in [-0.39, 0.29) is 11.7 Å². The predicted octanol–water partition coefficient (Wildman–Crippen LogP) is 1.37. The van der Waals surface area contributed by atoms with Crippen molar-refractivity contribution >= 4 is 5.69 Å². The van der Waals surface area contributed by atoms with Crippen LogP contribution in [0.15, 0.2) is 18.3 Å². The van der Waals surface area contributed by atoms with Gasteiger partial charge in [0.1, 0.15) is 0 Å². The van der Waals surface area contributed by atoms with Gasteiger partial charge in [0.2, 0.25) is 0 Å².